The second-order valence-electron chi connectivity index (χ2n) is 4.72. The van der Waals surface area contributed by atoms with Gasteiger partial charge in [0.2, 0.25) is 5.91 Å². The van der Waals surface area contributed by atoms with Gasteiger partial charge >= 0.3 is 0 Å². The van der Waals surface area contributed by atoms with E-state index in [1.165, 1.54) is 11.3 Å². The number of benzene rings is 1. The molecule has 0 bridgehead atoms. The number of carbonyl (C=O) groups is 1. The fraction of sp³-hybridized carbons (Fsp3) is 0.500. The maximum Gasteiger partial charge on any atom is 0.228 e. The Morgan fingerprint density at radius 2 is 2.24 bits per heavy atom. The number of thioether (sulfide) groups is 1. The van der Waals surface area contributed by atoms with Crippen molar-refractivity contribution in [2.45, 2.75) is 26.7 Å². The summed E-state index contributed by atoms with van der Waals surface area (Å²) in [6.45, 7) is 4.08. The summed E-state index contributed by atoms with van der Waals surface area (Å²) in [6.07, 6.45) is 2.19. The average molecular weight is 249 g/mol. The van der Waals surface area contributed by atoms with Gasteiger partial charge in [0.05, 0.1) is 0 Å². The number of hydrogen-bond donors (Lipinski definition) is 1. The molecule has 2 rings (SSSR count). The van der Waals surface area contributed by atoms with E-state index < -0.39 is 0 Å². The Kier molecular flexibility index (Phi) is 4.11. The van der Waals surface area contributed by atoms with Gasteiger partial charge in [0.25, 0.3) is 0 Å². The van der Waals surface area contributed by atoms with Crippen LogP contribution in [0.5, 0.6) is 0 Å². The number of hydrogen-bond acceptors (Lipinski definition) is 2. The van der Waals surface area contributed by atoms with Gasteiger partial charge in [0.15, 0.2) is 0 Å². The van der Waals surface area contributed by atoms with Crippen LogP contribution in [0.4, 0.5) is 5.69 Å². The molecule has 1 aromatic rings. The summed E-state index contributed by atoms with van der Waals surface area (Å²) in [5.74, 6) is 2.55. The number of amides is 1. The average Bonchev–Trinajstić information content (AvgIpc) is 2.35. The van der Waals surface area contributed by atoms with Crippen LogP contribution in [0.3, 0.4) is 0 Å². The van der Waals surface area contributed by atoms with E-state index in [0.29, 0.717) is 0 Å². The molecule has 0 spiro atoms. The number of carbonyl (C=O) groups excluding carboxylic acids is 1. The molecule has 0 saturated carbocycles. The minimum atomic E-state index is 0.186. The summed E-state index contributed by atoms with van der Waals surface area (Å²) >= 11 is 1.89. The molecule has 1 atom stereocenters. The predicted molar refractivity (Wildman–Crippen MR) is 74.6 cm³/mol. The minimum absolute atomic E-state index is 0.186. The van der Waals surface area contributed by atoms with E-state index >= 15 is 0 Å². The molecule has 0 aromatic heterocycles. The van der Waals surface area contributed by atoms with Crippen LogP contribution in [0.2, 0.25) is 0 Å². The van der Waals surface area contributed by atoms with E-state index in [1.807, 2.05) is 31.7 Å². The van der Waals surface area contributed by atoms with Crippen molar-refractivity contribution >= 4 is 23.4 Å². The highest BCUT2D eigenvalue weighted by Crippen LogP contribution is 2.25. The first-order chi connectivity index (χ1) is 8.16. The normalized spacial score (nSPS) is 20.0. The Morgan fingerprint density at radius 3 is 2.94 bits per heavy atom. The van der Waals surface area contributed by atoms with Gasteiger partial charge in [-0.25, -0.2) is 0 Å². The van der Waals surface area contributed by atoms with Crippen molar-refractivity contribution in [1.82, 2.24) is 0 Å². The Morgan fingerprint density at radius 1 is 1.41 bits per heavy atom. The van der Waals surface area contributed by atoms with Crippen LogP contribution >= 0.6 is 11.8 Å². The highest BCUT2D eigenvalue weighted by Gasteiger charge is 2.21. The summed E-state index contributed by atoms with van der Waals surface area (Å²) in [6, 6.07) is 6.17. The molecule has 2 nitrogen and oxygen atoms in total. The quantitative estimate of drug-likeness (QED) is 0.870. The van der Waals surface area contributed by atoms with Gasteiger partial charge in [-0.3, -0.25) is 4.79 Å². The van der Waals surface area contributed by atoms with Gasteiger partial charge in [-0.15, -0.1) is 0 Å². The highest BCUT2D eigenvalue weighted by atomic mass is 32.2. The molecule has 0 radical (unpaired) electrons. The van der Waals surface area contributed by atoms with Crippen molar-refractivity contribution < 1.29 is 4.79 Å². The maximum absolute atomic E-state index is 12.1. The lowest BCUT2D eigenvalue weighted by Crippen LogP contribution is -2.27. The number of anilines is 1. The lowest BCUT2D eigenvalue weighted by molar-refractivity contribution is -0.119. The summed E-state index contributed by atoms with van der Waals surface area (Å²) in [7, 11) is 0. The molecule has 1 saturated heterocycles. The molecule has 1 unspecified atom stereocenters. The third-order valence-electron chi connectivity index (χ3n) is 3.18. The summed E-state index contributed by atoms with van der Waals surface area (Å²) in [5.41, 5.74) is 3.28. The smallest absolute Gasteiger partial charge is 0.228 e. The minimum Gasteiger partial charge on any atom is -0.326 e. The first kappa shape index (κ1) is 12.5. The van der Waals surface area contributed by atoms with Crippen molar-refractivity contribution in [1.29, 1.82) is 0 Å². The van der Waals surface area contributed by atoms with E-state index in [2.05, 4.69) is 17.4 Å². The van der Waals surface area contributed by atoms with E-state index in [0.717, 1.165) is 29.8 Å². The maximum atomic E-state index is 12.1. The standard InChI is InChI=1S/C14H19NOS/c1-10-5-6-11(2)13(8-10)15-14(16)12-4-3-7-17-9-12/h5-6,8,12H,3-4,7,9H2,1-2H3,(H,15,16). The van der Waals surface area contributed by atoms with Crippen LogP contribution in [0.15, 0.2) is 18.2 Å². The van der Waals surface area contributed by atoms with Crippen LogP contribution in [-0.2, 0) is 4.79 Å². The number of rotatable bonds is 2. The summed E-state index contributed by atoms with van der Waals surface area (Å²) in [4.78, 5) is 12.1. The molecule has 1 aliphatic rings. The van der Waals surface area contributed by atoms with Crippen molar-refractivity contribution in [2.75, 3.05) is 16.8 Å². The summed E-state index contributed by atoms with van der Waals surface area (Å²) < 4.78 is 0. The van der Waals surface area contributed by atoms with Gasteiger partial charge in [0.1, 0.15) is 0 Å². The zero-order chi connectivity index (χ0) is 12.3. The van der Waals surface area contributed by atoms with Crippen LogP contribution in [0.1, 0.15) is 24.0 Å². The van der Waals surface area contributed by atoms with E-state index in [9.17, 15) is 4.79 Å². The van der Waals surface area contributed by atoms with Gasteiger partial charge in [-0.05, 0) is 49.6 Å². The largest absolute Gasteiger partial charge is 0.326 e. The van der Waals surface area contributed by atoms with Crippen molar-refractivity contribution in [2.24, 2.45) is 5.92 Å². The van der Waals surface area contributed by atoms with Gasteiger partial charge in [-0.1, -0.05) is 12.1 Å². The molecular weight excluding hydrogens is 230 g/mol. The molecule has 1 heterocycles. The zero-order valence-electron chi connectivity index (χ0n) is 10.5. The second-order valence-corrected chi connectivity index (χ2v) is 5.87. The molecule has 1 N–H and O–H groups in total. The Hall–Kier alpha value is -0.960. The van der Waals surface area contributed by atoms with Gasteiger partial charge in [0, 0.05) is 17.4 Å². The molecule has 1 amide bonds. The molecule has 3 heteroatoms. The Bertz CT molecular complexity index is 411. The van der Waals surface area contributed by atoms with Gasteiger partial charge < -0.3 is 5.32 Å². The topological polar surface area (TPSA) is 29.1 Å². The Balaban J connectivity index is 2.04. The monoisotopic (exact) mass is 249 g/mol. The van der Waals surface area contributed by atoms with Crippen LogP contribution in [0.25, 0.3) is 0 Å². The predicted octanol–water partition coefficient (Wildman–Crippen LogP) is 3.39. The second kappa shape index (κ2) is 5.58. The molecule has 0 aliphatic carbocycles. The van der Waals surface area contributed by atoms with Crippen LogP contribution < -0.4 is 5.32 Å². The highest BCUT2D eigenvalue weighted by molar-refractivity contribution is 7.99. The first-order valence-corrected chi connectivity index (χ1v) is 7.28. The van der Waals surface area contributed by atoms with Crippen molar-refractivity contribution in [3.05, 3.63) is 29.3 Å². The van der Waals surface area contributed by atoms with Crippen molar-refractivity contribution in [3.63, 3.8) is 0 Å². The Labute approximate surface area is 107 Å². The fourth-order valence-electron chi connectivity index (χ4n) is 2.05. The summed E-state index contributed by atoms with van der Waals surface area (Å²) in [5, 5.41) is 3.07. The van der Waals surface area contributed by atoms with Gasteiger partial charge in [-0.2, -0.15) is 11.8 Å². The number of aryl methyl sites for hydroxylation is 2. The SMILES string of the molecule is Cc1ccc(C)c(NC(=O)C2CCCSC2)c1. The lowest BCUT2D eigenvalue weighted by Gasteiger charge is -2.21. The third kappa shape index (κ3) is 3.25. The van der Waals surface area contributed by atoms with E-state index in [4.69, 9.17) is 0 Å². The molecular formula is C14H19NOS. The first-order valence-electron chi connectivity index (χ1n) is 6.12. The molecule has 92 valence electrons. The van der Waals surface area contributed by atoms with Crippen LogP contribution in [0, 0.1) is 19.8 Å². The van der Waals surface area contributed by atoms with Crippen LogP contribution in [-0.4, -0.2) is 17.4 Å². The van der Waals surface area contributed by atoms with E-state index in [1.54, 1.807) is 0 Å². The lowest BCUT2D eigenvalue weighted by atomic mass is 10.0. The molecule has 1 aliphatic heterocycles. The zero-order valence-corrected chi connectivity index (χ0v) is 11.3. The fourth-order valence-corrected chi connectivity index (χ4v) is 3.19. The van der Waals surface area contributed by atoms with E-state index in [-0.39, 0.29) is 11.8 Å². The number of nitrogens with one attached hydrogen (secondary N) is 1. The molecule has 17 heavy (non-hydrogen) atoms. The molecule has 1 fully saturated rings. The molecule has 1 aromatic carbocycles. The van der Waals surface area contributed by atoms with Crippen molar-refractivity contribution in [3.8, 4) is 0 Å². The third-order valence-corrected chi connectivity index (χ3v) is 4.40.